The first kappa shape index (κ1) is 12.1. The number of carbonyl (C=O) groups is 1. The average molecular weight is 264 g/mol. The van der Waals surface area contributed by atoms with Crippen LogP contribution in [0.15, 0.2) is 12.1 Å². The number of nitrogens with two attached hydrogens (primary N) is 1. The van der Waals surface area contributed by atoms with E-state index in [1.165, 1.54) is 0 Å². The lowest BCUT2D eigenvalue weighted by Gasteiger charge is -2.46. The Kier molecular flexibility index (Phi) is 2.56. The fourth-order valence-corrected chi connectivity index (χ4v) is 2.34. The molecule has 1 amide bonds. The number of amides is 1. The van der Waals surface area contributed by atoms with Crippen LogP contribution in [0, 0.1) is 0 Å². The van der Waals surface area contributed by atoms with Gasteiger partial charge in [-0.2, -0.15) is 0 Å². The highest BCUT2D eigenvalue weighted by atomic mass is 16.7. The maximum absolute atomic E-state index is 12.3. The highest BCUT2D eigenvalue weighted by molar-refractivity contribution is 6.00. The number of hydrogen-bond donors (Lipinski definition) is 2. The Hall–Kier alpha value is -1.95. The molecule has 1 aromatic carbocycles. The molecule has 0 radical (unpaired) electrons. The first-order chi connectivity index (χ1) is 9.02. The van der Waals surface area contributed by atoms with E-state index in [9.17, 15) is 9.90 Å². The van der Waals surface area contributed by atoms with E-state index in [1.54, 1.807) is 17.0 Å². The minimum absolute atomic E-state index is 0.145. The van der Waals surface area contributed by atoms with E-state index < -0.39 is 5.60 Å². The van der Waals surface area contributed by atoms with Crippen LogP contribution in [-0.2, 0) is 0 Å². The number of fused-ring (bicyclic) bond motifs is 1. The van der Waals surface area contributed by atoms with Crippen LogP contribution in [0.3, 0.4) is 0 Å². The lowest BCUT2D eigenvalue weighted by molar-refractivity contribution is -0.0826. The van der Waals surface area contributed by atoms with Crippen molar-refractivity contribution < 1.29 is 19.4 Å². The van der Waals surface area contributed by atoms with E-state index in [2.05, 4.69) is 0 Å². The van der Waals surface area contributed by atoms with Gasteiger partial charge in [0.15, 0.2) is 11.5 Å². The number of β-amino-alcohol motifs (C(OH)–C–C–N with tert-alkyl or cyclic N) is 1. The molecule has 6 heteroatoms. The zero-order chi connectivity index (χ0) is 13.6. The number of aliphatic hydroxyl groups is 1. The Morgan fingerprint density at radius 1 is 1.42 bits per heavy atom. The van der Waals surface area contributed by atoms with E-state index >= 15 is 0 Å². The van der Waals surface area contributed by atoms with Crippen molar-refractivity contribution in [3.63, 3.8) is 0 Å². The molecule has 1 fully saturated rings. The van der Waals surface area contributed by atoms with E-state index in [4.69, 9.17) is 15.2 Å². The number of carbonyl (C=O) groups excluding carboxylic acids is 1. The van der Waals surface area contributed by atoms with Crippen molar-refractivity contribution in [2.75, 3.05) is 25.6 Å². The molecule has 3 rings (SSSR count). The highest BCUT2D eigenvalue weighted by Gasteiger charge is 2.42. The Bertz CT molecular complexity index is 538. The lowest BCUT2D eigenvalue weighted by Crippen LogP contribution is -2.63. The van der Waals surface area contributed by atoms with Crippen LogP contribution in [0.25, 0.3) is 0 Å². The van der Waals surface area contributed by atoms with Gasteiger partial charge in [0.25, 0.3) is 5.91 Å². The van der Waals surface area contributed by atoms with Crippen LogP contribution < -0.4 is 15.2 Å². The molecule has 1 aromatic rings. The highest BCUT2D eigenvalue weighted by Crippen LogP contribution is 2.37. The van der Waals surface area contributed by atoms with Crippen molar-refractivity contribution in [2.45, 2.75) is 18.9 Å². The van der Waals surface area contributed by atoms with Crippen LogP contribution in [-0.4, -0.2) is 41.4 Å². The molecule has 2 aliphatic heterocycles. The molecule has 1 saturated heterocycles. The van der Waals surface area contributed by atoms with Crippen molar-refractivity contribution >= 4 is 11.6 Å². The molecule has 0 saturated carbocycles. The molecule has 0 spiro atoms. The smallest absolute Gasteiger partial charge is 0.256 e. The summed E-state index contributed by atoms with van der Waals surface area (Å²) in [5.74, 6) is 0.903. The van der Waals surface area contributed by atoms with Crippen molar-refractivity contribution in [3.8, 4) is 11.5 Å². The Balaban J connectivity index is 1.82. The monoisotopic (exact) mass is 264 g/mol. The molecule has 0 aromatic heterocycles. The number of nitrogens with zero attached hydrogens (tertiary/aromatic N) is 1. The minimum atomic E-state index is -0.749. The molecule has 2 heterocycles. The summed E-state index contributed by atoms with van der Waals surface area (Å²) in [6, 6.07) is 3.20. The number of ether oxygens (including phenoxy) is 2. The van der Waals surface area contributed by atoms with E-state index in [1.807, 2.05) is 6.92 Å². The van der Waals surface area contributed by atoms with Gasteiger partial charge in [-0.1, -0.05) is 6.92 Å². The van der Waals surface area contributed by atoms with Crippen molar-refractivity contribution in [1.82, 2.24) is 4.90 Å². The third-order valence-corrected chi connectivity index (χ3v) is 3.69. The van der Waals surface area contributed by atoms with Gasteiger partial charge in [0.05, 0.1) is 24.3 Å². The van der Waals surface area contributed by atoms with Crippen LogP contribution >= 0.6 is 0 Å². The Labute approximate surface area is 110 Å². The molecule has 2 aliphatic rings. The van der Waals surface area contributed by atoms with Gasteiger partial charge in [-0.3, -0.25) is 4.79 Å². The van der Waals surface area contributed by atoms with Gasteiger partial charge >= 0.3 is 0 Å². The predicted octanol–water partition coefficient (Wildman–Crippen LogP) is 0.594. The second-order valence-electron chi connectivity index (χ2n) is 5.03. The van der Waals surface area contributed by atoms with Gasteiger partial charge in [-0.05, 0) is 12.5 Å². The molecular formula is C13H16N2O4. The number of nitrogen functional groups attached to an aromatic ring is 1. The molecule has 102 valence electrons. The van der Waals surface area contributed by atoms with E-state index in [0.717, 1.165) is 0 Å². The molecule has 0 unspecified atom stereocenters. The summed E-state index contributed by atoms with van der Waals surface area (Å²) in [7, 11) is 0. The molecule has 3 N–H and O–H groups in total. The number of hydrogen-bond acceptors (Lipinski definition) is 5. The molecule has 0 aliphatic carbocycles. The number of anilines is 1. The third kappa shape index (κ3) is 1.88. The van der Waals surface area contributed by atoms with Crippen LogP contribution in [0.4, 0.5) is 5.69 Å². The van der Waals surface area contributed by atoms with Crippen LogP contribution in [0.2, 0.25) is 0 Å². The Morgan fingerprint density at radius 2 is 2.05 bits per heavy atom. The molecule has 19 heavy (non-hydrogen) atoms. The summed E-state index contributed by atoms with van der Waals surface area (Å²) in [5.41, 5.74) is 5.87. The average Bonchev–Trinajstić information content (AvgIpc) is 2.80. The van der Waals surface area contributed by atoms with Gasteiger partial charge in [0, 0.05) is 11.8 Å². The van der Waals surface area contributed by atoms with Gasteiger partial charge < -0.3 is 25.2 Å². The van der Waals surface area contributed by atoms with Crippen molar-refractivity contribution in [1.29, 1.82) is 0 Å². The Morgan fingerprint density at radius 3 is 2.68 bits per heavy atom. The summed E-state index contributed by atoms with van der Waals surface area (Å²) in [5, 5.41) is 9.94. The third-order valence-electron chi connectivity index (χ3n) is 3.69. The number of rotatable bonds is 2. The van der Waals surface area contributed by atoms with Gasteiger partial charge in [-0.15, -0.1) is 0 Å². The molecule has 0 atom stereocenters. The summed E-state index contributed by atoms with van der Waals surface area (Å²) in [6.07, 6.45) is 0.632. The first-order valence-corrected chi connectivity index (χ1v) is 6.23. The molecule has 0 bridgehead atoms. The maximum atomic E-state index is 12.3. The van der Waals surface area contributed by atoms with Crippen molar-refractivity contribution in [2.24, 2.45) is 0 Å². The zero-order valence-electron chi connectivity index (χ0n) is 10.7. The SMILES string of the molecule is CCC1(O)CN(C(=O)c2cc3c(cc2N)OCO3)C1. The standard InChI is InChI=1S/C13H16N2O4/c1-2-13(17)5-15(6-13)12(16)8-3-10-11(4-9(8)14)19-7-18-10/h3-4,17H,2,5-7,14H2,1H3. The lowest BCUT2D eigenvalue weighted by atomic mass is 9.90. The van der Waals surface area contributed by atoms with Crippen molar-refractivity contribution in [3.05, 3.63) is 17.7 Å². The number of likely N-dealkylation sites (tertiary alicyclic amines) is 1. The predicted molar refractivity (Wildman–Crippen MR) is 68.1 cm³/mol. The largest absolute Gasteiger partial charge is 0.454 e. The summed E-state index contributed by atoms with van der Waals surface area (Å²) >= 11 is 0. The van der Waals surface area contributed by atoms with E-state index in [0.29, 0.717) is 42.3 Å². The molecule has 6 nitrogen and oxygen atoms in total. The fraction of sp³-hybridized carbons (Fsp3) is 0.462. The van der Waals surface area contributed by atoms with Gasteiger partial charge in [0.1, 0.15) is 0 Å². The fourth-order valence-electron chi connectivity index (χ4n) is 2.34. The summed E-state index contributed by atoms with van der Waals surface area (Å²) < 4.78 is 10.4. The summed E-state index contributed by atoms with van der Waals surface area (Å²) in [6.45, 7) is 2.73. The quantitative estimate of drug-likeness (QED) is 0.764. The van der Waals surface area contributed by atoms with E-state index in [-0.39, 0.29) is 12.7 Å². The normalized spacial score (nSPS) is 19.2. The van der Waals surface area contributed by atoms with Gasteiger partial charge in [-0.25, -0.2) is 0 Å². The first-order valence-electron chi connectivity index (χ1n) is 6.23. The second-order valence-corrected chi connectivity index (χ2v) is 5.03. The molecular weight excluding hydrogens is 248 g/mol. The van der Waals surface area contributed by atoms with Crippen LogP contribution in [0.1, 0.15) is 23.7 Å². The van der Waals surface area contributed by atoms with Crippen LogP contribution in [0.5, 0.6) is 11.5 Å². The minimum Gasteiger partial charge on any atom is -0.454 e. The topological polar surface area (TPSA) is 85.0 Å². The summed E-state index contributed by atoms with van der Waals surface area (Å²) in [4.78, 5) is 13.9. The second kappa shape index (κ2) is 4.03. The maximum Gasteiger partial charge on any atom is 0.256 e. The van der Waals surface area contributed by atoms with Gasteiger partial charge in [0.2, 0.25) is 6.79 Å². The number of benzene rings is 1. The zero-order valence-corrected chi connectivity index (χ0v) is 10.7.